The molecule has 0 aromatic heterocycles. The van der Waals surface area contributed by atoms with Gasteiger partial charge in [-0.1, -0.05) is 12.1 Å². The van der Waals surface area contributed by atoms with E-state index in [9.17, 15) is 9.18 Å². The molecule has 0 radical (unpaired) electrons. The molecule has 20 heavy (non-hydrogen) atoms. The third-order valence-electron chi connectivity index (χ3n) is 2.83. The van der Waals surface area contributed by atoms with Gasteiger partial charge in [-0.25, -0.2) is 4.39 Å². The molecule has 0 saturated carbocycles. The Kier molecular flexibility index (Phi) is 4.79. The van der Waals surface area contributed by atoms with Gasteiger partial charge in [-0.05, 0) is 42.0 Å². The van der Waals surface area contributed by atoms with E-state index in [1.54, 1.807) is 42.9 Å². The average molecular weight is 289 g/mol. The van der Waals surface area contributed by atoms with E-state index in [0.29, 0.717) is 5.56 Å². The molecule has 2 aromatic rings. The molecule has 2 nitrogen and oxygen atoms in total. The smallest absolute Gasteiger partial charge is 0.253 e. The number of amides is 1. The Hall–Kier alpha value is -1.81. The fraction of sp³-hybridized carbons (Fsp3) is 0.188. The van der Waals surface area contributed by atoms with Crippen molar-refractivity contribution < 1.29 is 9.18 Å². The summed E-state index contributed by atoms with van der Waals surface area (Å²) >= 11 is 1.64. The Labute approximate surface area is 122 Å². The molecule has 0 N–H and O–H groups in total. The van der Waals surface area contributed by atoms with Gasteiger partial charge in [0.1, 0.15) is 5.82 Å². The molecule has 0 heterocycles. The zero-order valence-corrected chi connectivity index (χ0v) is 12.3. The van der Waals surface area contributed by atoms with Crippen molar-refractivity contribution in [3.05, 3.63) is 65.5 Å². The summed E-state index contributed by atoms with van der Waals surface area (Å²) in [6, 6.07) is 14.0. The van der Waals surface area contributed by atoms with Gasteiger partial charge in [0.2, 0.25) is 0 Å². The molecule has 104 valence electrons. The molecule has 1 amide bonds. The van der Waals surface area contributed by atoms with E-state index in [1.165, 1.54) is 12.1 Å². The van der Waals surface area contributed by atoms with E-state index in [4.69, 9.17) is 0 Å². The molecule has 0 saturated heterocycles. The second-order valence-electron chi connectivity index (χ2n) is 4.64. The highest BCUT2D eigenvalue weighted by molar-refractivity contribution is 7.98. The monoisotopic (exact) mass is 289 g/mol. The molecule has 0 spiro atoms. The normalized spacial score (nSPS) is 10.3. The number of hydrogen-bond donors (Lipinski definition) is 0. The number of hydrogen-bond acceptors (Lipinski definition) is 2. The molecule has 0 atom stereocenters. The van der Waals surface area contributed by atoms with Crippen LogP contribution in [-0.4, -0.2) is 24.9 Å². The highest BCUT2D eigenvalue weighted by atomic mass is 32.2. The number of carbonyl (C=O) groups is 1. The maximum Gasteiger partial charge on any atom is 0.253 e. The standard InChI is InChI=1S/C16H16FNOS/c1-18(2)16(19)13-5-3-12(4-6-13)11-20-15-9-7-14(17)8-10-15/h3-10H,11H2,1-2H3. The first-order chi connectivity index (χ1) is 9.56. The van der Waals surface area contributed by atoms with Crippen LogP contribution < -0.4 is 0 Å². The van der Waals surface area contributed by atoms with Crippen molar-refractivity contribution in [3.63, 3.8) is 0 Å². The van der Waals surface area contributed by atoms with Gasteiger partial charge in [-0.3, -0.25) is 4.79 Å². The first-order valence-corrected chi connectivity index (χ1v) is 7.24. The second-order valence-corrected chi connectivity index (χ2v) is 5.69. The molecular weight excluding hydrogens is 273 g/mol. The van der Waals surface area contributed by atoms with Gasteiger partial charge in [-0.2, -0.15) is 0 Å². The zero-order chi connectivity index (χ0) is 14.5. The lowest BCUT2D eigenvalue weighted by atomic mass is 10.1. The molecule has 2 rings (SSSR count). The number of nitrogens with zero attached hydrogens (tertiary/aromatic N) is 1. The highest BCUT2D eigenvalue weighted by Crippen LogP contribution is 2.23. The number of carbonyl (C=O) groups excluding carboxylic acids is 1. The summed E-state index contributed by atoms with van der Waals surface area (Å²) in [7, 11) is 3.47. The van der Waals surface area contributed by atoms with Gasteiger partial charge < -0.3 is 4.90 Å². The number of benzene rings is 2. The molecule has 2 aromatic carbocycles. The molecule has 0 aliphatic heterocycles. The van der Waals surface area contributed by atoms with Crippen LogP contribution in [0.2, 0.25) is 0 Å². The Morgan fingerprint density at radius 3 is 2.20 bits per heavy atom. The maximum absolute atomic E-state index is 12.8. The summed E-state index contributed by atoms with van der Waals surface area (Å²) in [4.78, 5) is 14.3. The molecule has 0 fully saturated rings. The SMILES string of the molecule is CN(C)C(=O)c1ccc(CSc2ccc(F)cc2)cc1. The van der Waals surface area contributed by atoms with E-state index < -0.39 is 0 Å². The van der Waals surface area contributed by atoms with Crippen LogP contribution in [0.3, 0.4) is 0 Å². The van der Waals surface area contributed by atoms with Gasteiger partial charge in [0.15, 0.2) is 0 Å². The Morgan fingerprint density at radius 2 is 1.65 bits per heavy atom. The number of halogens is 1. The van der Waals surface area contributed by atoms with Crippen LogP contribution in [-0.2, 0) is 5.75 Å². The van der Waals surface area contributed by atoms with Gasteiger partial charge in [-0.15, -0.1) is 11.8 Å². The lowest BCUT2D eigenvalue weighted by Crippen LogP contribution is -2.21. The molecular formula is C16H16FNOS. The van der Waals surface area contributed by atoms with Crippen molar-refractivity contribution in [3.8, 4) is 0 Å². The maximum atomic E-state index is 12.8. The number of rotatable bonds is 4. The van der Waals surface area contributed by atoms with Crippen LogP contribution >= 0.6 is 11.8 Å². The van der Waals surface area contributed by atoms with Crippen molar-refractivity contribution in [2.24, 2.45) is 0 Å². The van der Waals surface area contributed by atoms with E-state index >= 15 is 0 Å². The Balaban J connectivity index is 1.97. The first kappa shape index (κ1) is 14.6. The molecule has 0 bridgehead atoms. The van der Waals surface area contributed by atoms with Crippen LogP contribution in [0.5, 0.6) is 0 Å². The summed E-state index contributed by atoms with van der Waals surface area (Å²) in [6.45, 7) is 0. The van der Waals surface area contributed by atoms with Crippen LogP contribution in [0, 0.1) is 5.82 Å². The molecule has 0 unspecified atom stereocenters. The summed E-state index contributed by atoms with van der Waals surface area (Å²) in [5.41, 5.74) is 1.82. The van der Waals surface area contributed by atoms with Crippen molar-refractivity contribution in [1.29, 1.82) is 0 Å². The van der Waals surface area contributed by atoms with Crippen LogP contribution in [0.25, 0.3) is 0 Å². The van der Waals surface area contributed by atoms with Crippen LogP contribution in [0.1, 0.15) is 15.9 Å². The largest absolute Gasteiger partial charge is 0.345 e. The molecule has 4 heteroatoms. The summed E-state index contributed by atoms with van der Waals surface area (Å²) in [5.74, 6) is 0.575. The third kappa shape index (κ3) is 3.84. The van der Waals surface area contributed by atoms with Crippen molar-refractivity contribution >= 4 is 17.7 Å². The number of thioether (sulfide) groups is 1. The highest BCUT2D eigenvalue weighted by Gasteiger charge is 2.07. The summed E-state index contributed by atoms with van der Waals surface area (Å²) < 4.78 is 12.8. The topological polar surface area (TPSA) is 20.3 Å². The van der Waals surface area contributed by atoms with E-state index in [-0.39, 0.29) is 11.7 Å². The predicted octanol–water partition coefficient (Wildman–Crippen LogP) is 3.82. The zero-order valence-electron chi connectivity index (χ0n) is 11.5. The van der Waals surface area contributed by atoms with Crippen LogP contribution in [0.15, 0.2) is 53.4 Å². The van der Waals surface area contributed by atoms with Gasteiger partial charge in [0.25, 0.3) is 5.91 Å². The van der Waals surface area contributed by atoms with Gasteiger partial charge >= 0.3 is 0 Å². The Morgan fingerprint density at radius 1 is 1.05 bits per heavy atom. The van der Waals surface area contributed by atoms with Crippen molar-refractivity contribution in [2.45, 2.75) is 10.6 Å². The fourth-order valence-corrected chi connectivity index (χ4v) is 2.55. The van der Waals surface area contributed by atoms with Crippen molar-refractivity contribution in [2.75, 3.05) is 14.1 Å². The summed E-state index contributed by atoms with van der Waals surface area (Å²) in [5, 5.41) is 0. The minimum Gasteiger partial charge on any atom is -0.345 e. The van der Waals surface area contributed by atoms with Crippen LogP contribution in [0.4, 0.5) is 4.39 Å². The molecule has 0 aliphatic rings. The average Bonchev–Trinajstić information content (AvgIpc) is 2.46. The fourth-order valence-electron chi connectivity index (χ4n) is 1.70. The van der Waals surface area contributed by atoms with Crippen molar-refractivity contribution in [1.82, 2.24) is 4.90 Å². The summed E-state index contributed by atoms with van der Waals surface area (Å²) in [6.07, 6.45) is 0. The van der Waals surface area contributed by atoms with E-state index in [0.717, 1.165) is 16.2 Å². The molecule has 0 aliphatic carbocycles. The minimum atomic E-state index is -0.221. The lowest BCUT2D eigenvalue weighted by molar-refractivity contribution is 0.0827. The predicted molar refractivity (Wildman–Crippen MR) is 80.4 cm³/mol. The lowest BCUT2D eigenvalue weighted by Gasteiger charge is -2.10. The van der Waals surface area contributed by atoms with E-state index in [2.05, 4.69) is 0 Å². The Bertz CT molecular complexity index is 578. The van der Waals surface area contributed by atoms with E-state index in [1.807, 2.05) is 24.3 Å². The first-order valence-electron chi connectivity index (χ1n) is 6.25. The van der Waals surface area contributed by atoms with Gasteiger partial charge in [0.05, 0.1) is 0 Å². The minimum absolute atomic E-state index is 0.00253. The van der Waals surface area contributed by atoms with Gasteiger partial charge in [0, 0.05) is 30.3 Å². The second kappa shape index (κ2) is 6.57. The quantitative estimate of drug-likeness (QED) is 0.798. The third-order valence-corrected chi connectivity index (χ3v) is 3.91.